The Morgan fingerprint density at radius 1 is 1.53 bits per heavy atom. The van der Waals surface area contributed by atoms with Crippen molar-refractivity contribution in [2.24, 2.45) is 5.41 Å². The van der Waals surface area contributed by atoms with Crippen molar-refractivity contribution < 1.29 is 4.79 Å². The number of hydrogen-bond donors (Lipinski definition) is 2. The summed E-state index contributed by atoms with van der Waals surface area (Å²) in [7, 11) is 1.61. The lowest BCUT2D eigenvalue weighted by Crippen LogP contribution is -2.39. The van der Waals surface area contributed by atoms with E-state index in [1.54, 1.807) is 25.2 Å². The summed E-state index contributed by atoms with van der Waals surface area (Å²) in [5.41, 5.74) is -0.174. The quantitative estimate of drug-likeness (QED) is 0.816. The normalized spacial score (nSPS) is 10.5. The molecule has 1 aromatic rings. The van der Waals surface area contributed by atoms with Gasteiger partial charge in [0, 0.05) is 13.6 Å². The summed E-state index contributed by atoms with van der Waals surface area (Å²) in [4.78, 5) is 15.6. The molecule has 0 radical (unpaired) electrons. The third kappa shape index (κ3) is 3.45. The Balaban J connectivity index is 2.67. The van der Waals surface area contributed by atoms with Crippen LogP contribution in [0.3, 0.4) is 0 Å². The molecule has 90 valence electrons. The lowest BCUT2D eigenvalue weighted by Gasteiger charge is -2.23. The monoisotopic (exact) mass is 232 g/mol. The van der Waals surface area contributed by atoms with Gasteiger partial charge in [0.05, 0.1) is 5.41 Å². The maximum absolute atomic E-state index is 11.6. The molecule has 5 heteroatoms. The summed E-state index contributed by atoms with van der Waals surface area (Å²) in [6, 6.07) is 7.12. The summed E-state index contributed by atoms with van der Waals surface area (Å²) in [6.45, 7) is 4.13. The van der Waals surface area contributed by atoms with E-state index in [9.17, 15) is 4.79 Å². The van der Waals surface area contributed by atoms with E-state index in [0.29, 0.717) is 18.1 Å². The van der Waals surface area contributed by atoms with Crippen molar-refractivity contribution in [3.63, 3.8) is 0 Å². The molecule has 1 rings (SSSR count). The molecule has 0 aliphatic rings. The number of hydrogen-bond acceptors (Lipinski definition) is 4. The standard InChI is InChI=1S/C12H16N4O/c1-12(2,11(17)14-3)8-15-10-6-4-5-9(7-13)16-10/h4-6H,8H2,1-3H3,(H,14,17)(H,15,16). The third-order valence-electron chi connectivity index (χ3n) is 2.42. The minimum atomic E-state index is -0.529. The second-order valence-electron chi connectivity index (χ2n) is 4.34. The fraction of sp³-hybridized carbons (Fsp3) is 0.417. The van der Waals surface area contributed by atoms with Crippen LogP contribution >= 0.6 is 0 Å². The molecule has 0 unspecified atom stereocenters. The van der Waals surface area contributed by atoms with Crippen LogP contribution in [0.5, 0.6) is 0 Å². The van der Waals surface area contributed by atoms with Crippen molar-refractivity contribution in [2.45, 2.75) is 13.8 Å². The Hall–Kier alpha value is -2.09. The van der Waals surface area contributed by atoms with Gasteiger partial charge in [0.25, 0.3) is 0 Å². The zero-order valence-corrected chi connectivity index (χ0v) is 10.2. The van der Waals surface area contributed by atoms with E-state index in [0.717, 1.165) is 0 Å². The number of nitriles is 1. The van der Waals surface area contributed by atoms with Crippen molar-refractivity contribution in [1.29, 1.82) is 5.26 Å². The molecule has 1 heterocycles. The molecule has 2 N–H and O–H groups in total. The first kappa shape index (κ1) is 13.0. The molecule has 0 saturated heterocycles. The molecule has 1 aromatic heterocycles. The van der Waals surface area contributed by atoms with Crippen LogP contribution in [0.4, 0.5) is 5.82 Å². The Morgan fingerprint density at radius 3 is 2.82 bits per heavy atom. The number of carbonyl (C=O) groups excluding carboxylic acids is 1. The van der Waals surface area contributed by atoms with Gasteiger partial charge in [0.15, 0.2) is 0 Å². The molecule has 0 spiro atoms. The number of anilines is 1. The van der Waals surface area contributed by atoms with Gasteiger partial charge < -0.3 is 10.6 Å². The van der Waals surface area contributed by atoms with E-state index >= 15 is 0 Å². The molecule has 0 fully saturated rings. The van der Waals surface area contributed by atoms with Crippen LogP contribution in [0.2, 0.25) is 0 Å². The highest BCUT2D eigenvalue weighted by atomic mass is 16.2. The zero-order valence-electron chi connectivity index (χ0n) is 10.2. The lowest BCUT2D eigenvalue weighted by molar-refractivity contribution is -0.128. The predicted molar refractivity (Wildman–Crippen MR) is 65.3 cm³/mol. The molecule has 0 aliphatic heterocycles. The van der Waals surface area contributed by atoms with Crippen molar-refractivity contribution in [2.75, 3.05) is 18.9 Å². The summed E-state index contributed by atoms with van der Waals surface area (Å²) < 4.78 is 0. The highest BCUT2D eigenvalue weighted by Gasteiger charge is 2.26. The molecular formula is C12H16N4O. The minimum absolute atomic E-state index is 0.0403. The second kappa shape index (κ2) is 5.30. The van der Waals surface area contributed by atoms with Crippen LogP contribution in [0.1, 0.15) is 19.5 Å². The average molecular weight is 232 g/mol. The Bertz CT molecular complexity index is 448. The van der Waals surface area contributed by atoms with Gasteiger partial charge in [-0.2, -0.15) is 5.26 Å². The van der Waals surface area contributed by atoms with E-state index in [1.807, 2.05) is 19.9 Å². The van der Waals surface area contributed by atoms with E-state index < -0.39 is 5.41 Å². The molecule has 17 heavy (non-hydrogen) atoms. The van der Waals surface area contributed by atoms with Gasteiger partial charge in [-0.1, -0.05) is 6.07 Å². The van der Waals surface area contributed by atoms with E-state index in [4.69, 9.17) is 5.26 Å². The smallest absolute Gasteiger partial charge is 0.227 e. The van der Waals surface area contributed by atoms with Crippen LogP contribution < -0.4 is 10.6 Å². The summed E-state index contributed by atoms with van der Waals surface area (Å²) >= 11 is 0. The fourth-order valence-corrected chi connectivity index (χ4v) is 1.33. The molecule has 0 bridgehead atoms. The highest BCUT2D eigenvalue weighted by molar-refractivity contribution is 5.82. The van der Waals surface area contributed by atoms with Crippen molar-refractivity contribution in [3.8, 4) is 6.07 Å². The van der Waals surface area contributed by atoms with E-state index in [-0.39, 0.29) is 5.91 Å². The van der Waals surface area contributed by atoms with E-state index in [1.165, 1.54) is 0 Å². The SMILES string of the molecule is CNC(=O)C(C)(C)CNc1cccc(C#N)n1. The predicted octanol–water partition coefficient (Wildman–Crippen LogP) is 1.14. The molecule has 0 atom stereocenters. The lowest BCUT2D eigenvalue weighted by atomic mass is 9.92. The van der Waals surface area contributed by atoms with Gasteiger partial charge >= 0.3 is 0 Å². The summed E-state index contributed by atoms with van der Waals surface area (Å²) in [5.74, 6) is 0.558. The molecule has 1 amide bonds. The Labute approximate surface area is 101 Å². The number of nitrogens with one attached hydrogen (secondary N) is 2. The number of amides is 1. The first-order valence-corrected chi connectivity index (χ1v) is 5.33. The van der Waals surface area contributed by atoms with Crippen LogP contribution in [-0.2, 0) is 4.79 Å². The largest absolute Gasteiger partial charge is 0.369 e. The topological polar surface area (TPSA) is 77.8 Å². The van der Waals surface area contributed by atoms with Gasteiger partial charge in [0.2, 0.25) is 5.91 Å². The van der Waals surface area contributed by atoms with Crippen molar-refractivity contribution in [1.82, 2.24) is 10.3 Å². The van der Waals surface area contributed by atoms with Crippen LogP contribution in [-0.4, -0.2) is 24.5 Å². The molecule has 5 nitrogen and oxygen atoms in total. The van der Waals surface area contributed by atoms with Crippen LogP contribution in [0, 0.1) is 16.7 Å². The molecule has 0 saturated carbocycles. The highest BCUT2D eigenvalue weighted by Crippen LogP contribution is 2.16. The first-order chi connectivity index (χ1) is 7.99. The van der Waals surface area contributed by atoms with Crippen LogP contribution in [0.15, 0.2) is 18.2 Å². The molecular weight excluding hydrogens is 216 g/mol. The van der Waals surface area contributed by atoms with Gasteiger partial charge in [-0.05, 0) is 26.0 Å². The summed E-state index contributed by atoms with van der Waals surface area (Å²) in [6.07, 6.45) is 0. The van der Waals surface area contributed by atoms with Gasteiger partial charge in [-0.25, -0.2) is 4.98 Å². The molecule has 0 aromatic carbocycles. The molecule has 0 aliphatic carbocycles. The van der Waals surface area contributed by atoms with E-state index in [2.05, 4.69) is 15.6 Å². The number of nitrogens with zero attached hydrogens (tertiary/aromatic N) is 2. The fourth-order valence-electron chi connectivity index (χ4n) is 1.33. The third-order valence-corrected chi connectivity index (χ3v) is 2.42. The summed E-state index contributed by atoms with van der Waals surface area (Å²) in [5, 5.41) is 14.4. The van der Waals surface area contributed by atoms with Gasteiger partial charge in [-0.3, -0.25) is 4.79 Å². The Morgan fingerprint density at radius 2 is 2.24 bits per heavy atom. The Kier molecular flexibility index (Phi) is 4.05. The number of aromatic nitrogens is 1. The number of carbonyl (C=O) groups is 1. The van der Waals surface area contributed by atoms with Gasteiger partial charge in [-0.15, -0.1) is 0 Å². The minimum Gasteiger partial charge on any atom is -0.369 e. The maximum atomic E-state index is 11.6. The second-order valence-corrected chi connectivity index (χ2v) is 4.34. The average Bonchev–Trinajstić information content (AvgIpc) is 2.35. The number of pyridine rings is 1. The number of rotatable bonds is 4. The van der Waals surface area contributed by atoms with Gasteiger partial charge in [0.1, 0.15) is 17.6 Å². The van der Waals surface area contributed by atoms with Crippen molar-refractivity contribution >= 4 is 11.7 Å². The maximum Gasteiger partial charge on any atom is 0.227 e. The first-order valence-electron chi connectivity index (χ1n) is 5.33. The van der Waals surface area contributed by atoms with Crippen LogP contribution in [0.25, 0.3) is 0 Å². The zero-order chi connectivity index (χ0) is 12.9. The van der Waals surface area contributed by atoms with Crippen molar-refractivity contribution in [3.05, 3.63) is 23.9 Å².